The zero-order valence-corrected chi connectivity index (χ0v) is 14.5. The van der Waals surface area contributed by atoms with Gasteiger partial charge in [-0.1, -0.05) is 6.07 Å². The number of rotatable bonds is 5. The van der Waals surface area contributed by atoms with E-state index in [0.29, 0.717) is 37.8 Å². The van der Waals surface area contributed by atoms with Gasteiger partial charge in [0.2, 0.25) is 0 Å². The Morgan fingerprint density at radius 3 is 3.00 bits per heavy atom. The molecule has 2 aromatic heterocycles. The van der Waals surface area contributed by atoms with E-state index in [-0.39, 0.29) is 18.1 Å². The van der Waals surface area contributed by atoms with Gasteiger partial charge in [-0.3, -0.25) is 9.78 Å². The van der Waals surface area contributed by atoms with Crippen LogP contribution in [0, 0.1) is 5.92 Å². The second kappa shape index (κ2) is 7.88. The van der Waals surface area contributed by atoms with Crippen molar-refractivity contribution in [2.45, 2.75) is 31.6 Å². The zero-order valence-electron chi connectivity index (χ0n) is 14.5. The number of carbonyl (C=O) groups is 1. The lowest BCUT2D eigenvalue weighted by atomic mass is 10.1. The van der Waals surface area contributed by atoms with Gasteiger partial charge >= 0.3 is 0 Å². The van der Waals surface area contributed by atoms with Gasteiger partial charge in [-0.25, -0.2) is 0 Å². The standard InChI is InChI=1S/C19H22N4O3/c24-19(15-4-6-21-22-11-15)23-7-8-26-18-10-14(9-17(18)23)12-25-13-16-3-1-2-5-20-16/h1-6,11,14,17-18H,7-10,12-13H2/t14?,17-,18-/m0/s1. The Hall–Kier alpha value is -2.38. The van der Waals surface area contributed by atoms with Gasteiger partial charge in [0.15, 0.2) is 0 Å². The lowest BCUT2D eigenvalue weighted by Crippen LogP contribution is -2.51. The normalized spacial score (nSPS) is 25.1. The Morgan fingerprint density at radius 2 is 2.19 bits per heavy atom. The first-order valence-electron chi connectivity index (χ1n) is 8.98. The third-order valence-electron chi connectivity index (χ3n) is 5.06. The monoisotopic (exact) mass is 354 g/mol. The number of morpholine rings is 1. The van der Waals surface area contributed by atoms with Gasteiger partial charge in [-0.2, -0.15) is 10.2 Å². The maximum Gasteiger partial charge on any atom is 0.255 e. The molecule has 2 aromatic rings. The van der Waals surface area contributed by atoms with Gasteiger partial charge in [0, 0.05) is 12.7 Å². The molecule has 0 N–H and O–H groups in total. The van der Waals surface area contributed by atoms with Crippen LogP contribution in [0.1, 0.15) is 28.9 Å². The van der Waals surface area contributed by atoms with E-state index in [9.17, 15) is 4.79 Å². The van der Waals surface area contributed by atoms with Crippen molar-refractivity contribution in [2.75, 3.05) is 19.8 Å². The Morgan fingerprint density at radius 1 is 1.23 bits per heavy atom. The summed E-state index contributed by atoms with van der Waals surface area (Å²) in [5.41, 5.74) is 1.51. The lowest BCUT2D eigenvalue weighted by Gasteiger charge is -2.37. The van der Waals surface area contributed by atoms with Crippen molar-refractivity contribution in [2.24, 2.45) is 5.92 Å². The fourth-order valence-electron chi connectivity index (χ4n) is 3.84. The quantitative estimate of drug-likeness (QED) is 0.813. The number of hydrogen-bond donors (Lipinski definition) is 0. The van der Waals surface area contributed by atoms with Crippen LogP contribution in [0.25, 0.3) is 0 Å². The summed E-state index contributed by atoms with van der Waals surface area (Å²) in [6.07, 6.45) is 6.76. The van der Waals surface area contributed by atoms with Crippen LogP contribution < -0.4 is 0 Å². The summed E-state index contributed by atoms with van der Waals surface area (Å²) < 4.78 is 11.8. The molecule has 136 valence electrons. The Kier molecular flexibility index (Phi) is 5.17. The van der Waals surface area contributed by atoms with Gasteiger partial charge in [-0.15, -0.1) is 0 Å². The molecule has 1 aliphatic heterocycles. The van der Waals surface area contributed by atoms with E-state index < -0.39 is 0 Å². The molecular formula is C19H22N4O3. The van der Waals surface area contributed by atoms with E-state index in [4.69, 9.17) is 9.47 Å². The number of hydrogen-bond acceptors (Lipinski definition) is 6. The van der Waals surface area contributed by atoms with Crippen molar-refractivity contribution < 1.29 is 14.3 Å². The predicted molar refractivity (Wildman–Crippen MR) is 93.2 cm³/mol. The molecule has 4 rings (SSSR count). The molecule has 1 unspecified atom stereocenters. The highest BCUT2D eigenvalue weighted by Gasteiger charge is 2.43. The lowest BCUT2D eigenvalue weighted by molar-refractivity contribution is -0.0450. The van der Waals surface area contributed by atoms with E-state index in [1.54, 1.807) is 18.5 Å². The highest BCUT2D eigenvalue weighted by Crippen LogP contribution is 2.35. The number of fused-ring (bicyclic) bond motifs is 1. The molecule has 3 heterocycles. The molecular weight excluding hydrogens is 332 g/mol. The highest BCUT2D eigenvalue weighted by atomic mass is 16.5. The van der Waals surface area contributed by atoms with E-state index in [1.807, 2.05) is 23.1 Å². The molecule has 7 nitrogen and oxygen atoms in total. The average molecular weight is 354 g/mol. The summed E-state index contributed by atoms with van der Waals surface area (Å²) >= 11 is 0. The number of ether oxygens (including phenoxy) is 2. The van der Waals surface area contributed by atoms with Gasteiger partial charge in [0.05, 0.1) is 55.6 Å². The van der Waals surface area contributed by atoms with Crippen molar-refractivity contribution in [3.8, 4) is 0 Å². The molecule has 1 aliphatic carbocycles. The van der Waals surface area contributed by atoms with Gasteiger partial charge in [-0.05, 0) is 37.0 Å². The van der Waals surface area contributed by atoms with Crippen LogP contribution in [-0.2, 0) is 16.1 Å². The van der Waals surface area contributed by atoms with Crippen LogP contribution in [0.5, 0.6) is 0 Å². The highest BCUT2D eigenvalue weighted by molar-refractivity contribution is 5.94. The summed E-state index contributed by atoms with van der Waals surface area (Å²) in [7, 11) is 0. The number of pyridine rings is 1. The molecule has 0 aromatic carbocycles. The first kappa shape index (κ1) is 17.1. The Bertz CT molecular complexity index is 728. The van der Waals surface area contributed by atoms with Crippen molar-refractivity contribution >= 4 is 5.91 Å². The number of aromatic nitrogens is 3. The molecule has 26 heavy (non-hydrogen) atoms. The van der Waals surface area contributed by atoms with Crippen molar-refractivity contribution in [1.82, 2.24) is 20.1 Å². The van der Waals surface area contributed by atoms with Crippen LogP contribution in [0.2, 0.25) is 0 Å². The van der Waals surface area contributed by atoms with Crippen LogP contribution in [-0.4, -0.2) is 57.9 Å². The van der Waals surface area contributed by atoms with Crippen LogP contribution >= 0.6 is 0 Å². The van der Waals surface area contributed by atoms with E-state index in [0.717, 1.165) is 18.5 Å². The third-order valence-corrected chi connectivity index (χ3v) is 5.06. The zero-order chi connectivity index (χ0) is 17.8. The number of nitrogens with zero attached hydrogens (tertiary/aromatic N) is 4. The first-order chi connectivity index (χ1) is 12.8. The van der Waals surface area contributed by atoms with Gasteiger partial charge in [0.1, 0.15) is 0 Å². The first-order valence-corrected chi connectivity index (χ1v) is 8.98. The molecule has 0 radical (unpaired) electrons. The predicted octanol–water partition coefficient (Wildman–Crippen LogP) is 1.71. The largest absolute Gasteiger partial charge is 0.375 e. The summed E-state index contributed by atoms with van der Waals surface area (Å²) in [4.78, 5) is 19.0. The molecule has 1 saturated heterocycles. The Balaban J connectivity index is 1.35. The minimum Gasteiger partial charge on any atom is -0.375 e. The minimum atomic E-state index is 0.00764. The van der Waals surface area contributed by atoms with E-state index in [1.165, 1.54) is 6.20 Å². The Labute approximate surface area is 152 Å². The van der Waals surface area contributed by atoms with E-state index in [2.05, 4.69) is 15.2 Å². The molecule has 2 aliphatic rings. The number of carbonyl (C=O) groups excluding carboxylic acids is 1. The molecule has 0 bridgehead atoms. The molecule has 3 atom stereocenters. The van der Waals surface area contributed by atoms with Crippen LogP contribution in [0.4, 0.5) is 0 Å². The van der Waals surface area contributed by atoms with Crippen molar-refractivity contribution in [3.05, 3.63) is 54.1 Å². The summed E-state index contributed by atoms with van der Waals surface area (Å²) in [6.45, 7) is 2.36. The molecule has 1 amide bonds. The number of amides is 1. The topological polar surface area (TPSA) is 77.4 Å². The van der Waals surface area contributed by atoms with Crippen LogP contribution in [0.3, 0.4) is 0 Å². The van der Waals surface area contributed by atoms with Crippen molar-refractivity contribution in [3.63, 3.8) is 0 Å². The summed E-state index contributed by atoms with van der Waals surface area (Å²) in [5, 5.41) is 7.56. The van der Waals surface area contributed by atoms with E-state index >= 15 is 0 Å². The fourth-order valence-corrected chi connectivity index (χ4v) is 3.84. The van der Waals surface area contributed by atoms with Crippen LogP contribution in [0.15, 0.2) is 42.9 Å². The fraction of sp³-hybridized carbons (Fsp3) is 0.474. The SMILES string of the molecule is O=C(c1ccnnc1)N1CCO[C@H]2CC(COCc3ccccn3)C[C@@H]21. The average Bonchev–Trinajstić information content (AvgIpc) is 3.12. The third kappa shape index (κ3) is 3.73. The summed E-state index contributed by atoms with van der Waals surface area (Å²) in [5.74, 6) is 0.394. The molecule has 7 heteroatoms. The maximum atomic E-state index is 12.8. The van der Waals surface area contributed by atoms with Gasteiger partial charge < -0.3 is 14.4 Å². The second-order valence-electron chi connectivity index (χ2n) is 6.78. The smallest absolute Gasteiger partial charge is 0.255 e. The second-order valence-corrected chi connectivity index (χ2v) is 6.78. The minimum absolute atomic E-state index is 0.00764. The van der Waals surface area contributed by atoms with Gasteiger partial charge in [0.25, 0.3) is 5.91 Å². The molecule has 1 saturated carbocycles. The molecule has 0 spiro atoms. The maximum absolute atomic E-state index is 12.8. The van der Waals surface area contributed by atoms with Crippen molar-refractivity contribution in [1.29, 1.82) is 0 Å². The molecule has 2 fully saturated rings. The summed E-state index contributed by atoms with van der Waals surface area (Å²) in [6, 6.07) is 7.63.